The van der Waals surface area contributed by atoms with Crippen LogP contribution in [0.5, 0.6) is 5.75 Å². The predicted molar refractivity (Wildman–Crippen MR) is 150 cm³/mol. The number of methoxy groups -OCH3 is 1. The number of para-hydroxylation sites is 1. The zero-order chi connectivity index (χ0) is 38.3. The molecule has 4 aromatic rings. The first-order valence-corrected chi connectivity index (χ1v) is 11.1. The summed E-state index contributed by atoms with van der Waals surface area (Å²) in [4.78, 5) is 22.0. The smallest absolute Gasteiger partial charge is 0.247 e. The molecular formula is C29H34N6O2. The number of carbonyl (C=O) groups excluding carboxylic acids is 1. The van der Waals surface area contributed by atoms with E-state index in [4.69, 9.17) is 28.9 Å². The molecule has 0 aliphatic rings. The van der Waals surface area contributed by atoms with Crippen LogP contribution in [-0.2, 0) is 18.3 Å². The quantitative estimate of drug-likeness (QED) is 0.318. The number of ether oxygens (including phenoxy) is 1. The molecule has 1 N–H and O–H groups in total. The Kier molecular flexibility index (Phi) is 4.08. The number of aryl methyl sites for hydroxylation is 1. The third-order valence-corrected chi connectivity index (χ3v) is 5.67. The first kappa shape index (κ1) is 13.4. The maximum absolute atomic E-state index is 12.9. The van der Waals surface area contributed by atoms with Crippen molar-refractivity contribution in [3.8, 4) is 17.0 Å². The van der Waals surface area contributed by atoms with E-state index in [1.165, 1.54) is 13.2 Å². The van der Waals surface area contributed by atoms with Crippen molar-refractivity contribution in [1.29, 1.82) is 0 Å². The van der Waals surface area contributed by atoms with Gasteiger partial charge in [-0.2, -0.15) is 0 Å². The number of aromatic nitrogens is 3. The first-order chi connectivity index (χ1) is 23.5. The van der Waals surface area contributed by atoms with Crippen molar-refractivity contribution < 1.29 is 28.7 Å². The maximum atomic E-state index is 12.9. The number of hydrogen-bond donors (Lipinski definition) is 1. The van der Waals surface area contributed by atoms with Crippen molar-refractivity contribution in [2.45, 2.75) is 6.42 Å². The summed E-state index contributed by atoms with van der Waals surface area (Å²) in [5.74, 6) is -1.01. The molecule has 1 amide bonds. The van der Waals surface area contributed by atoms with Crippen molar-refractivity contribution in [2.24, 2.45) is 7.05 Å². The fourth-order valence-corrected chi connectivity index (χ4v) is 4.00. The second-order valence-corrected chi connectivity index (χ2v) is 8.05. The van der Waals surface area contributed by atoms with Crippen molar-refractivity contribution in [3.63, 3.8) is 0 Å². The third kappa shape index (κ3) is 5.81. The molecule has 0 unspecified atom stereocenters. The van der Waals surface area contributed by atoms with Gasteiger partial charge in [0.25, 0.3) is 0 Å². The lowest BCUT2D eigenvalue weighted by atomic mass is 10.1. The molecule has 2 aromatic carbocycles. The SMILES string of the molecule is [2H]C([2H])=C([2H])C(=O)Nc1cc(Cc2nccc(-c3cn(C)c4ccccc34)n2)c(OC)cc1N(CC([2H])([2H])N(C([2H])([2H])[2H])C([2H])([2H])[2H])C([2H])([2H])[2H]. The summed E-state index contributed by atoms with van der Waals surface area (Å²) < 4.78 is 118. The molecule has 0 bridgehead atoms. The fraction of sp³-hybridized carbons (Fsp3) is 0.276. The molecule has 8 nitrogen and oxygen atoms in total. The molecule has 0 aliphatic heterocycles. The van der Waals surface area contributed by atoms with Crippen LogP contribution in [0.15, 0.2) is 67.4 Å². The lowest BCUT2D eigenvalue weighted by Gasteiger charge is -2.25. The highest BCUT2D eigenvalue weighted by Gasteiger charge is 2.17. The minimum absolute atomic E-state index is 0.00350. The molecule has 2 aromatic heterocycles. The number of rotatable bonds is 10. The van der Waals surface area contributed by atoms with Crippen molar-refractivity contribution >= 4 is 28.2 Å². The van der Waals surface area contributed by atoms with E-state index >= 15 is 0 Å². The molecule has 0 spiro atoms. The number of nitrogens with one attached hydrogen (secondary N) is 1. The van der Waals surface area contributed by atoms with Crippen LogP contribution in [0.3, 0.4) is 0 Å². The Morgan fingerprint density at radius 1 is 1.32 bits per heavy atom. The summed E-state index contributed by atoms with van der Waals surface area (Å²) in [6.45, 7) is -16.2. The van der Waals surface area contributed by atoms with Gasteiger partial charge in [0.2, 0.25) is 5.91 Å². The summed E-state index contributed by atoms with van der Waals surface area (Å²) in [6.07, 6.45) is 3.40. The van der Waals surface area contributed by atoms with Gasteiger partial charge in [-0.05, 0) is 38.2 Å². The number of anilines is 2. The fourth-order valence-electron chi connectivity index (χ4n) is 4.00. The van der Waals surface area contributed by atoms with E-state index in [2.05, 4.69) is 10.3 Å². The van der Waals surface area contributed by atoms with Gasteiger partial charge in [-0.3, -0.25) is 4.79 Å². The van der Waals surface area contributed by atoms with Crippen LogP contribution in [0.1, 0.15) is 30.6 Å². The molecule has 0 radical (unpaired) electrons. The maximum Gasteiger partial charge on any atom is 0.247 e. The molecule has 192 valence electrons. The van der Waals surface area contributed by atoms with Crippen molar-refractivity contribution in [3.05, 3.63) is 78.8 Å². The van der Waals surface area contributed by atoms with E-state index in [-0.39, 0.29) is 29.2 Å². The first-order valence-electron chi connectivity index (χ1n) is 18.1. The zero-order valence-corrected chi connectivity index (χ0v) is 20.2. The monoisotopic (exact) mass is 512 g/mol. The highest BCUT2D eigenvalue weighted by atomic mass is 16.5. The van der Waals surface area contributed by atoms with Gasteiger partial charge in [-0.15, -0.1) is 0 Å². The van der Waals surface area contributed by atoms with Crippen LogP contribution in [0, 0.1) is 0 Å². The van der Waals surface area contributed by atoms with E-state index in [1.54, 1.807) is 12.3 Å². The average molecular weight is 513 g/mol. The molecule has 0 fully saturated rings. The predicted octanol–water partition coefficient (Wildman–Crippen LogP) is 4.36. The van der Waals surface area contributed by atoms with Crippen LogP contribution in [-0.4, -0.2) is 66.4 Å². The molecule has 0 saturated heterocycles. The minimum atomic E-state index is -3.53. The summed E-state index contributed by atoms with van der Waals surface area (Å²) >= 11 is 0. The molecule has 37 heavy (non-hydrogen) atoms. The van der Waals surface area contributed by atoms with Gasteiger partial charge >= 0.3 is 0 Å². The number of benzene rings is 2. The van der Waals surface area contributed by atoms with Gasteiger partial charge in [0.15, 0.2) is 0 Å². The van der Waals surface area contributed by atoms with Crippen LogP contribution < -0.4 is 15.0 Å². The van der Waals surface area contributed by atoms with Gasteiger partial charge in [0.05, 0.1) is 28.3 Å². The standard InChI is InChI=1S/C29H34N6O2/c1-7-29(36)32-24-16-20(27(37-6)18-26(24)34(4)15-14-33(2)3)17-28-30-13-12-23(31-28)22-19-35(5)25-11-9-8-10-21(22)25/h7-13,16,18-19H,1,14-15,17H2,2-6H3,(H,32,36)/i1D2,2D3,3D3,4D3,7D,14D2. The van der Waals surface area contributed by atoms with Gasteiger partial charge < -0.3 is 24.4 Å². The number of likely N-dealkylation sites (N-methyl/N-ethyl adjacent to an activating group) is 2. The van der Waals surface area contributed by atoms with Gasteiger partial charge in [-0.1, -0.05) is 24.7 Å². The van der Waals surface area contributed by atoms with E-state index in [9.17, 15) is 4.79 Å². The Morgan fingerprint density at radius 3 is 2.97 bits per heavy atom. The van der Waals surface area contributed by atoms with E-state index in [1.807, 2.05) is 42.1 Å². The van der Waals surface area contributed by atoms with Gasteiger partial charge in [0.1, 0.15) is 11.6 Å². The average Bonchev–Trinajstić information content (AvgIpc) is 3.34. The molecule has 8 heteroatoms. The second kappa shape index (κ2) is 11.3. The number of nitrogens with zero attached hydrogens (tertiary/aromatic N) is 5. The summed E-state index contributed by atoms with van der Waals surface area (Å²) in [5, 5.41) is 3.23. The molecular weight excluding hydrogens is 464 g/mol. The summed E-state index contributed by atoms with van der Waals surface area (Å²) in [5.41, 5.74) is 1.83. The number of amides is 1. The Hall–Kier alpha value is -4.17. The molecule has 0 aliphatic carbocycles. The number of fused-ring (bicyclic) bond motifs is 1. The topological polar surface area (TPSA) is 75.5 Å². The van der Waals surface area contributed by atoms with Crippen LogP contribution in [0.25, 0.3) is 22.2 Å². The normalized spacial score (nSPS) is 17.9. The van der Waals surface area contributed by atoms with Crippen LogP contribution >= 0.6 is 0 Å². The Labute approximate surface area is 237 Å². The number of hydrogen-bond acceptors (Lipinski definition) is 6. The van der Waals surface area contributed by atoms with Crippen LogP contribution in [0.4, 0.5) is 11.4 Å². The highest BCUT2D eigenvalue weighted by Crippen LogP contribution is 2.35. The van der Waals surface area contributed by atoms with Crippen molar-refractivity contribution in [1.82, 2.24) is 19.4 Å². The van der Waals surface area contributed by atoms with Gasteiger partial charge in [-0.25, -0.2) is 9.97 Å². The summed E-state index contributed by atoms with van der Waals surface area (Å²) in [6, 6.07) is 10.7. The Balaban J connectivity index is 1.87. The zero-order valence-electron chi connectivity index (χ0n) is 34.2. The second-order valence-electron chi connectivity index (χ2n) is 8.05. The van der Waals surface area contributed by atoms with Crippen LogP contribution in [0.2, 0.25) is 0 Å². The van der Waals surface area contributed by atoms with Gasteiger partial charge in [0, 0.05) is 89.1 Å². The highest BCUT2D eigenvalue weighted by molar-refractivity contribution is 6.01. The number of carbonyl (C=O) groups is 1. The van der Waals surface area contributed by atoms with E-state index in [0.717, 1.165) is 22.5 Å². The Bertz CT molecular complexity index is 1930. The molecule has 0 atom stereocenters. The summed E-state index contributed by atoms with van der Waals surface area (Å²) in [7, 11) is 3.16. The molecule has 2 heterocycles. The third-order valence-electron chi connectivity index (χ3n) is 5.67. The Morgan fingerprint density at radius 2 is 2.19 bits per heavy atom. The molecule has 0 saturated carbocycles. The van der Waals surface area contributed by atoms with Crippen molar-refractivity contribution in [2.75, 3.05) is 51.3 Å². The lowest BCUT2D eigenvalue weighted by molar-refractivity contribution is -0.111. The van der Waals surface area contributed by atoms with E-state index < -0.39 is 63.0 Å². The lowest BCUT2D eigenvalue weighted by Crippen LogP contribution is -2.29. The largest absolute Gasteiger partial charge is 0.496 e. The molecule has 4 rings (SSSR count). The van der Waals surface area contributed by atoms with E-state index in [0.29, 0.717) is 10.6 Å². The minimum Gasteiger partial charge on any atom is -0.496 e.